The van der Waals surface area contributed by atoms with Crippen molar-refractivity contribution in [3.05, 3.63) is 18.2 Å². The zero-order chi connectivity index (χ0) is 19.7. The average molecular weight is 461 g/mol. The summed E-state index contributed by atoms with van der Waals surface area (Å²) in [5, 5.41) is 0. The molecule has 1 spiro atoms. The van der Waals surface area contributed by atoms with E-state index in [0.717, 1.165) is 70.5 Å². The lowest BCUT2D eigenvalue weighted by molar-refractivity contribution is -0.144. The minimum Gasteiger partial charge on any atom is -0.348 e. The third-order valence-electron chi connectivity index (χ3n) is 6.96. The van der Waals surface area contributed by atoms with Gasteiger partial charge in [0.25, 0.3) is 0 Å². The van der Waals surface area contributed by atoms with Gasteiger partial charge in [-0.05, 0) is 38.1 Å². The van der Waals surface area contributed by atoms with Gasteiger partial charge in [0.2, 0.25) is 11.8 Å². The number of likely N-dealkylation sites (tertiary alicyclic amines) is 3. The quantitative estimate of drug-likeness (QED) is 0.699. The molecule has 3 aliphatic rings. The Morgan fingerprint density at radius 2 is 2.03 bits per heavy atom. The van der Waals surface area contributed by atoms with Crippen LogP contribution in [0.2, 0.25) is 0 Å². The lowest BCUT2D eigenvalue weighted by Crippen LogP contribution is -2.54. The van der Waals surface area contributed by atoms with Gasteiger partial charge < -0.3 is 20.5 Å². The highest BCUT2D eigenvalue weighted by molar-refractivity contribution is 5.85. The summed E-state index contributed by atoms with van der Waals surface area (Å²) in [7, 11) is 1.99. The van der Waals surface area contributed by atoms with Crippen LogP contribution < -0.4 is 5.73 Å². The van der Waals surface area contributed by atoms with Crippen molar-refractivity contribution < 1.29 is 9.59 Å². The van der Waals surface area contributed by atoms with E-state index >= 15 is 0 Å². The van der Waals surface area contributed by atoms with E-state index in [4.69, 9.17) is 5.73 Å². The van der Waals surface area contributed by atoms with Crippen molar-refractivity contribution in [1.29, 1.82) is 0 Å². The van der Waals surface area contributed by atoms with Gasteiger partial charge >= 0.3 is 0 Å². The van der Waals surface area contributed by atoms with Crippen LogP contribution in [0.3, 0.4) is 0 Å². The summed E-state index contributed by atoms with van der Waals surface area (Å²) >= 11 is 0. The Morgan fingerprint density at radius 3 is 2.63 bits per heavy atom. The molecule has 0 aromatic carbocycles. The molecule has 3 saturated heterocycles. The van der Waals surface area contributed by atoms with Crippen LogP contribution in [0.1, 0.15) is 37.8 Å². The smallest absolute Gasteiger partial charge is 0.239 e. The predicted molar refractivity (Wildman–Crippen MR) is 120 cm³/mol. The highest BCUT2D eigenvalue weighted by Gasteiger charge is 2.43. The Bertz CT molecular complexity index is 708. The molecule has 1 aromatic rings. The number of hydrogen-bond acceptors (Lipinski definition) is 5. The van der Waals surface area contributed by atoms with E-state index in [0.29, 0.717) is 6.42 Å². The number of nitrogens with zero attached hydrogens (tertiary/aromatic N) is 4. The number of hydrogen-bond donors (Lipinski definition) is 2. The molecule has 3 fully saturated rings. The maximum Gasteiger partial charge on any atom is 0.239 e. The van der Waals surface area contributed by atoms with Crippen LogP contribution >= 0.6 is 24.8 Å². The molecule has 10 heteroatoms. The summed E-state index contributed by atoms with van der Waals surface area (Å²) in [6.45, 7) is 3.93. The number of likely N-dealkylation sites (N-methyl/N-ethyl adjacent to an activating group) is 1. The lowest BCUT2D eigenvalue weighted by Gasteiger charge is -2.48. The number of halogens is 2. The van der Waals surface area contributed by atoms with E-state index in [-0.39, 0.29) is 54.1 Å². The molecule has 2 atom stereocenters. The van der Waals surface area contributed by atoms with Gasteiger partial charge in [-0.1, -0.05) is 0 Å². The molecule has 4 rings (SSSR count). The third-order valence-corrected chi connectivity index (χ3v) is 6.96. The number of H-pyrrole nitrogens is 1. The van der Waals surface area contributed by atoms with Gasteiger partial charge in [0.1, 0.15) is 0 Å². The highest BCUT2D eigenvalue weighted by atomic mass is 35.5. The highest BCUT2D eigenvalue weighted by Crippen LogP contribution is 2.40. The zero-order valence-corrected chi connectivity index (χ0v) is 19.2. The lowest BCUT2D eigenvalue weighted by atomic mass is 9.72. The van der Waals surface area contributed by atoms with Crippen molar-refractivity contribution in [2.75, 3.05) is 39.8 Å². The number of imidazole rings is 1. The Labute approximate surface area is 190 Å². The van der Waals surface area contributed by atoms with Crippen LogP contribution in [0.15, 0.2) is 12.5 Å². The summed E-state index contributed by atoms with van der Waals surface area (Å²) in [4.78, 5) is 38.6. The minimum absolute atomic E-state index is 0. The second-order valence-electron chi connectivity index (χ2n) is 8.92. The van der Waals surface area contributed by atoms with E-state index in [9.17, 15) is 9.59 Å². The van der Waals surface area contributed by atoms with Crippen molar-refractivity contribution in [3.63, 3.8) is 0 Å². The third kappa shape index (κ3) is 5.28. The maximum absolute atomic E-state index is 12.9. The number of aromatic amines is 1. The van der Waals surface area contributed by atoms with Crippen LogP contribution in [0.4, 0.5) is 0 Å². The first-order valence-electron chi connectivity index (χ1n) is 10.5. The fourth-order valence-corrected chi connectivity index (χ4v) is 5.13. The number of aromatic nitrogens is 2. The fraction of sp³-hybridized carbons (Fsp3) is 0.750. The van der Waals surface area contributed by atoms with E-state index < -0.39 is 0 Å². The molecule has 8 nitrogen and oxygen atoms in total. The van der Waals surface area contributed by atoms with Gasteiger partial charge in [-0.2, -0.15) is 0 Å². The molecule has 170 valence electrons. The Balaban J connectivity index is 0.00000160. The molecule has 30 heavy (non-hydrogen) atoms. The van der Waals surface area contributed by atoms with Crippen LogP contribution in [-0.2, 0) is 16.0 Å². The molecular formula is C20H34Cl2N6O2. The second-order valence-corrected chi connectivity index (χ2v) is 8.92. The van der Waals surface area contributed by atoms with Crippen LogP contribution in [0.25, 0.3) is 0 Å². The molecule has 0 bridgehead atoms. The summed E-state index contributed by atoms with van der Waals surface area (Å²) < 4.78 is 0. The number of carbonyl (C=O) groups is 2. The van der Waals surface area contributed by atoms with Crippen molar-refractivity contribution in [3.8, 4) is 0 Å². The molecule has 1 aromatic heterocycles. The molecule has 0 aliphatic carbocycles. The van der Waals surface area contributed by atoms with Gasteiger partial charge in [-0.25, -0.2) is 4.98 Å². The standard InChI is InChI=1S/C20H32N6O2.2ClH/c1-24-12-15(21)10-17(24)19(28)25-8-5-20(6-9-25)4-2-18(27)26(13-20)7-3-16-11-22-14-23-16;;/h11,14-15,17H,2-10,12-13,21H2,1H3,(H,22,23);2*1H/t15-,17-;;/m0../s1. The average Bonchev–Trinajstić information content (AvgIpc) is 3.32. The van der Waals surface area contributed by atoms with Gasteiger partial charge in [-0.3, -0.25) is 14.5 Å². The summed E-state index contributed by atoms with van der Waals surface area (Å²) in [5.41, 5.74) is 7.26. The molecule has 3 aliphatic heterocycles. The van der Waals surface area contributed by atoms with E-state index in [1.54, 1.807) is 6.33 Å². The minimum atomic E-state index is -0.0668. The maximum atomic E-state index is 12.9. The predicted octanol–water partition coefficient (Wildman–Crippen LogP) is 1.06. The Hall–Kier alpha value is -1.35. The van der Waals surface area contributed by atoms with E-state index in [1.807, 2.05) is 23.0 Å². The largest absolute Gasteiger partial charge is 0.348 e. The molecular weight excluding hydrogens is 427 g/mol. The first kappa shape index (κ1) is 24.9. The second kappa shape index (κ2) is 10.3. The van der Waals surface area contributed by atoms with Gasteiger partial charge in [0, 0.05) is 63.5 Å². The number of carbonyl (C=O) groups excluding carboxylic acids is 2. The SMILES string of the molecule is CN1C[C@@H](N)C[C@H]1C(=O)N1CCC2(CCC(=O)N(CCc3cnc[nH]3)C2)CC1.Cl.Cl. The van der Waals surface area contributed by atoms with E-state index in [1.165, 1.54) is 0 Å². The number of piperidine rings is 2. The van der Waals surface area contributed by atoms with Crippen LogP contribution in [0.5, 0.6) is 0 Å². The van der Waals surface area contributed by atoms with Crippen LogP contribution in [-0.4, -0.2) is 88.3 Å². The summed E-state index contributed by atoms with van der Waals surface area (Å²) in [6.07, 6.45) is 8.59. The fourth-order valence-electron chi connectivity index (χ4n) is 5.13. The molecule has 0 unspecified atom stereocenters. The number of amides is 2. The Kier molecular flexibility index (Phi) is 8.56. The normalized spacial score (nSPS) is 26.4. The number of nitrogens with one attached hydrogen (secondary N) is 1. The van der Waals surface area contributed by atoms with Gasteiger partial charge in [0.15, 0.2) is 0 Å². The van der Waals surface area contributed by atoms with Gasteiger partial charge in [0.05, 0.1) is 12.4 Å². The van der Waals surface area contributed by atoms with Crippen molar-refractivity contribution in [1.82, 2.24) is 24.7 Å². The molecule has 0 radical (unpaired) electrons. The van der Waals surface area contributed by atoms with Crippen molar-refractivity contribution >= 4 is 36.6 Å². The topological polar surface area (TPSA) is 98.6 Å². The monoisotopic (exact) mass is 460 g/mol. The first-order valence-corrected chi connectivity index (χ1v) is 10.5. The zero-order valence-electron chi connectivity index (χ0n) is 17.6. The van der Waals surface area contributed by atoms with E-state index in [2.05, 4.69) is 14.9 Å². The van der Waals surface area contributed by atoms with Crippen molar-refractivity contribution in [2.24, 2.45) is 11.1 Å². The summed E-state index contributed by atoms with van der Waals surface area (Å²) in [5.74, 6) is 0.485. The molecule has 3 N–H and O–H groups in total. The number of nitrogens with two attached hydrogens (primary N) is 1. The molecule has 0 saturated carbocycles. The first-order chi connectivity index (χ1) is 13.5. The van der Waals surface area contributed by atoms with Gasteiger partial charge in [-0.15, -0.1) is 24.8 Å². The van der Waals surface area contributed by atoms with Crippen LogP contribution in [0, 0.1) is 5.41 Å². The Morgan fingerprint density at radius 1 is 1.30 bits per heavy atom. The number of rotatable bonds is 4. The van der Waals surface area contributed by atoms with Crippen molar-refractivity contribution in [2.45, 2.75) is 50.6 Å². The molecule has 4 heterocycles. The molecule has 2 amide bonds. The summed E-state index contributed by atoms with van der Waals surface area (Å²) in [6, 6.07) is 0.0331.